The molecule has 0 aliphatic carbocycles. The zero-order valence-electron chi connectivity index (χ0n) is 27.9. The second-order valence-corrected chi connectivity index (χ2v) is 13.0. The fraction of sp³-hybridized carbons (Fsp3) is 0.474. The van der Waals surface area contributed by atoms with Gasteiger partial charge in [-0.15, -0.1) is 13.2 Å². The van der Waals surface area contributed by atoms with Gasteiger partial charge in [-0.25, -0.2) is 0 Å². The summed E-state index contributed by atoms with van der Waals surface area (Å²) in [5.74, 6) is -3.16. The van der Waals surface area contributed by atoms with Gasteiger partial charge in [-0.05, 0) is 43.7 Å². The number of nitrogens with zero attached hydrogens (tertiary/aromatic N) is 3. The first-order valence-electron chi connectivity index (χ1n) is 16.8. The minimum atomic E-state index is -1.21. The summed E-state index contributed by atoms with van der Waals surface area (Å²) in [6, 6.07) is 17.4. The Morgan fingerprint density at radius 3 is 2.44 bits per heavy atom. The Labute approximate surface area is 283 Å². The lowest BCUT2D eigenvalue weighted by atomic mass is 9.70. The molecule has 256 valence electrons. The molecule has 48 heavy (non-hydrogen) atoms. The molecule has 5 rings (SSSR count). The van der Waals surface area contributed by atoms with Crippen LogP contribution in [0.5, 0.6) is 0 Å². The van der Waals surface area contributed by atoms with Crippen molar-refractivity contribution in [3.05, 3.63) is 97.1 Å². The van der Waals surface area contributed by atoms with Gasteiger partial charge in [0.25, 0.3) is 0 Å². The van der Waals surface area contributed by atoms with Crippen molar-refractivity contribution in [3.8, 4) is 0 Å². The van der Waals surface area contributed by atoms with Gasteiger partial charge in [0.2, 0.25) is 17.7 Å². The van der Waals surface area contributed by atoms with Crippen molar-refractivity contribution >= 4 is 23.7 Å². The standard InChI is InChI=1S/C38H47N3O7/c1-5-7-19-30(43)39(4)26(3)33(28-17-12-9-13-18-28)47-37(46)31-29-20-21-38(48-29)32(31)35(44)41(23-14-24-42)34(38)36(45)40(22-6-2)25-27-15-10-8-11-16-27/h5-6,8-13,15-18,26,29,31-34,42H,1-2,7,14,19-25H2,3-4H3/t26-,29-,31+,32+,33+,34-,38+/m1/s1. The molecule has 3 fully saturated rings. The summed E-state index contributed by atoms with van der Waals surface area (Å²) in [4.78, 5) is 60.9. The quantitative estimate of drug-likeness (QED) is 0.214. The zero-order chi connectivity index (χ0) is 34.4. The predicted molar refractivity (Wildman–Crippen MR) is 180 cm³/mol. The van der Waals surface area contributed by atoms with Crippen molar-refractivity contribution < 1.29 is 33.8 Å². The maximum atomic E-state index is 14.5. The molecule has 10 nitrogen and oxygen atoms in total. The van der Waals surface area contributed by atoms with E-state index >= 15 is 0 Å². The Morgan fingerprint density at radius 1 is 1.10 bits per heavy atom. The number of likely N-dealkylation sites (tertiary alicyclic amines) is 1. The van der Waals surface area contributed by atoms with E-state index in [1.807, 2.05) is 67.6 Å². The van der Waals surface area contributed by atoms with E-state index in [1.54, 1.807) is 29.0 Å². The van der Waals surface area contributed by atoms with E-state index in [1.165, 1.54) is 4.90 Å². The van der Waals surface area contributed by atoms with E-state index in [-0.39, 0.29) is 50.3 Å². The van der Waals surface area contributed by atoms with E-state index in [4.69, 9.17) is 9.47 Å². The smallest absolute Gasteiger partial charge is 0.313 e. The van der Waals surface area contributed by atoms with Crippen LogP contribution in [-0.4, -0.2) is 94.0 Å². The number of carbonyl (C=O) groups is 4. The molecule has 0 radical (unpaired) electrons. The van der Waals surface area contributed by atoms with Crippen LogP contribution in [-0.2, 0) is 35.2 Å². The molecule has 3 saturated heterocycles. The van der Waals surface area contributed by atoms with Crippen molar-refractivity contribution in [3.63, 3.8) is 0 Å². The highest BCUT2D eigenvalue weighted by molar-refractivity contribution is 5.98. The first kappa shape index (κ1) is 35.0. The van der Waals surface area contributed by atoms with Crippen LogP contribution in [0.1, 0.15) is 56.3 Å². The summed E-state index contributed by atoms with van der Waals surface area (Å²) < 4.78 is 12.9. The molecule has 3 amide bonds. The van der Waals surface area contributed by atoms with Crippen molar-refractivity contribution in [1.82, 2.24) is 14.7 Å². The largest absolute Gasteiger partial charge is 0.455 e. The summed E-state index contributed by atoms with van der Waals surface area (Å²) in [7, 11) is 1.69. The van der Waals surface area contributed by atoms with Gasteiger partial charge in [-0.2, -0.15) is 0 Å². The topological polar surface area (TPSA) is 117 Å². The van der Waals surface area contributed by atoms with Crippen molar-refractivity contribution in [2.45, 2.75) is 75.5 Å². The lowest BCUT2D eigenvalue weighted by Crippen LogP contribution is -2.56. The average molecular weight is 658 g/mol. The molecule has 0 saturated carbocycles. The maximum Gasteiger partial charge on any atom is 0.313 e. The average Bonchev–Trinajstić information content (AvgIpc) is 3.75. The van der Waals surface area contributed by atoms with E-state index < -0.39 is 47.7 Å². The van der Waals surface area contributed by atoms with E-state index in [9.17, 15) is 24.3 Å². The van der Waals surface area contributed by atoms with Crippen LogP contribution in [0.15, 0.2) is 86.0 Å². The second-order valence-electron chi connectivity index (χ2n) is 13.0. The van der Waals surface area contributed by atoms with Crippen LogP contribution < -0.4 is 0 Å². The third-order valence-corrected chi connectivity index (χ3v) is 10.1. The van der Waals surface area contributed by atoms with Gasteiger partial charge >= 0.3 is 5.97 Å². The number of hydrogen-bond donors (Lipinski definition) is 1. The van der Waals surface area contributed by atoms with Crippen molar-refractivity contribution in [2.75, 3.05) is 26.7 Å². The molecular weight excluding hydrogens is 610 g/mol. The van der Waals surface area contributed by atoms with Gasteiger partial charge in [0.1, 0.15) is 17.7 Å². The number of benzene rings is 2. The monoisotopic (exact) mass is 657 g/mol. The number of ether oxygens (including phenoxy) is 2. The van der Waals surface area contributed by atoms with E-state index in [0.717, 1.165) is 11.1 Å². The highest BCUT2D eigenvalue weighted by Gasteiger charge is 2.75. The molecule has 2 aromatic carbocycles. The lowest BCUT2D eigenvalue weighted by molar-refractivity contribution is -0.164. The first-order chi connectivity index (χ1) is 23.2. The van der Waals surface area contributed by atoms with Crippen LogP contribution in [0.25, 0.3) is 0 Å². The normalized spacial score (nSPS) is 25.2. The minimum absolute atomic E-state index is 0.104. The minimum Gasteiger partial charge on any atom is -0.455 e. The Balaban J connectivity index is 1.45. The molecule has 2 bridgehead atoms. The number of allylic oxidation sites excluding steroid dienone is 1. The van der Waals surface area contributed by atoms with E-state index in [0.29, 0.717) is 25.8 Å². The summed E-state index contributed by atoms with van der Waals surface area (Å²) in [5, 5.41) is 9.70. The fourth-order valence-electron chi connectivity index (χ4n) is 7.67. The SMILES string of the molecule is C=CCCC(=O)N(C)[C@H](C)[C@H](OC(=O)[C@@H]1[C@H]2C(=O)N(CCCO)[C@H](C(=O)N(CC=C)Cc3ccccc3)[C@]23CC[C@H]1O3)c1ccccc1. The number of fused-ring (bicyclic) bond motifs is 1. The third kappa shape index (κ3) is 6.69. The van der Waals surface area contributed by atoms with Gasteiger partial charge in [-0.3, -0.25) is 19.2 Å². The molecule has 3 aliphatic rings. The molecule has 3 heterocycles. The molecular formula is C38H47N3O7. The van der Waals surface area contributed by atoms with Gasteiger partial charge in [0.15, 0.2) is 0 Å². The first-order valence-corrected chi connectivity index (χ1v) is 16.8. The van der Waals surface area contributed by atoms with Gasteiger partial charge in [-0.1, -0.05) is 72.8 Å². The zero-order valence-corrected chi connectivity index (χ0v) is 27.9. The Hall–Kier alpha value is -4.28. The Bertz CT molecular complexity index is 1480. The number of aliphatic hydroxyl groups is 1. The number of amides is 3. The van der Waals surface area contributed by atoms with Crippen molar-refractivity contribution in [2.24, 2.45) is 11.8 Å². The Morgan fingerprint density at radius 2 is 1.79 bits per heavy atom. The summed E-state index contributed by atoms with van der Waals surface area (Å²) >= 11 is 0. The molecule has 7 atom stereocenters. The number of esters is 1. The van der Waals surface area contributed by atoms with Crippen molar-refractivity contribution in [1.29, 1.82) is 0 Å². The predicted octanol–water partition coefficient (Wildman–Crippen LogP) is 4.06. The molecule has 2 aromatic rings. The third-order valence-electron chi connectivity index (χ3n) is 10.1. The molecule has 3 aliphatic heterocycles. The Kier molecular flexibility index (Phi) is 11.2. The van der Waals surface area contributed by atoms with Gasteiger partial charge in [0, 0.05) is 39.7 Å². The van der Waals surface area contributed by atoms with E-state index in [2.05, 4.69) is 13.2 Å². The lowest BCUT2D eigenvalue weighted by Gasteiger charge is -2.37. The summed E-state index contributed by atoms with van der Waals surface area (Å²) in [6.45, 7) is 9.96. The van der Waals surface area contributed by atoms with Gasteiger partial charge in [0.05, 0.1) is 24.0 Å². The molecule has 0 aromatic heterocycles. The highest BCUT2D eigenvalue weighted by atomic mass is 16.6. The number of hydrogen-bond acceptors (Lipinski definition) is 7. The number of aliphatic hydroxyl groups excluding tert-OH is 1. The molecule has 0 unspecified atom stereocenters. The second kappa shape index (κ2) is 15.3. The molecule has 1 N–H and O–H groups in total. The maximum absolute atomic E-state index is 14.5. The molecule has 10 heteroatoms. The number of rotatable bonds is 16. The van der Waals surface area contributed by atoms with Crippen LogP contribution in [0.4, 0.5) is 0 Å². The number of likely N-dealkylation sites (N-methyl/N-ethyl adjacent to an activating group) is 1. The van der Waals surface area contributed by atoms with Crippen LogP contribution >= 0.6 is 0 Å². The summed E-state index contributed by atoms with van der Waals surface area (Å²) in [6.07, 6.45) is 3.96. The molecule has 1 spiro atoms. The fourth-order valence-corrected chi connectivity index (χ4v) is 7.67. The van der Waals surface area contributed by atoms with Crippen LogP contribution in [0.3, 0.4) is 0 Å². The number of carbonyl (C=O) groups excluding carboxylic acids is 4. The van der Waals surface area contributed by atoms with Gasteiger partial charge < -0.3 is 29.3 Å². The summed E-state index contributed by atoms with van der Waals surface area (Å²) in [5.41, 5.74) is 0.441. The van der Waals surface area contributed by atoms with Crippen LogP contribution in [0, 0.1) is 11.8 Å². The highest BCUT2D eigenvalue weighted by Crippen LogP contribution is 2.59. The van der Waals surface area contributed by atoms with Crippen LogP contribution in [0.2, 0.25) is 0 Å².